The minimum Gasteiger partial charge on any atom is -0.497 e. The van der Waals surface area contributed by atoms with E-state index in [0.29, 0.717) is 6.42 Å². The highest BCUT2D eigenvalue weighted by Gasteiger charge is 2.10. The third-order valence-electron chi connectivity index (χ3n) is 3.32. The molecule has 0 saturated carbocycles. The van der Waals surface area contributed by atoms with E-state index in [-0.39, 0.29) is 0 Å². The van der Waals surface area contributed by atoms with Crippen molar-refractivity contribution in [3.05, 3.63) is 46.6 Å². The fourth-order valence-electron chi connectivity index (χ4n) is 2.28. The molecule has 1 aromatic carbocycles. The van der Waals surface area contributed by atoms with E-state index in [9.17, 15) is 0 Å². The molecule has 0 amide bonds. The molecule has 0 atom stereocenters. The van der Waals surface area contributed by atoms with Gasteiger partial charge in [0, 0.05) is 18.3 Å². The van der Waals surface area contributed by atoms with E-state index in [4.69, 9.17) is 4.74 Å². The average Bonchev–Trinajstić information content (AvgIpc) is 2.87. The second-order valence-electron chi connectivity index (χ2n) is 4.84. The van der Waals surface area contributed by atoms with Gasteiger partial charge in [-0.15, -0.1) is 11.3 Å². The van der Waals surface area contributed by atoms with Gasteiger partial charge in [-0.05, 0) is 30.7 Å². The number of thiophene rings is 1. The lowest BCUT2D eigenvalue weighted by Crippen LogP contribution is -2.01. The van der Waals surface area contributed by atoms with Crippen LogP contribution in [0.15, 0.2) is 30.3 Å². The van der Waals surface area contributed by atoms with E-state index in [0.717, 1.165) is 27.6 Å². The molecule has 2 aromatic heterocycles. The molecule has 108 valence electrons. The van der Waals surface area contributed by atoms with Crippen molar-refractivity contribution in [2.75, 3.05) is 19.5 Å². The molecule has 0 radical (unpaired) electrons. The topological polar surface area (TPSA) is 47.0 Å². The van der Waals surface area contributed by atoms with Gasteiger partial charge < -0.3 is 10.1 Å². The first kappa shape index (κ1) is 13.8. The monoisotopic (exact) mass is 299 g/mol. The summed E-state index contributed by atoms with van der Waals surface area (Å²) in [6.07, 6.45) is 0.714. The van der Waals surface area contributed by atoms with Crippen LogP contribution in [0.3, 0.4) is 0 Å². The first-order chi connectivity index (χ1) is 10.2. The van der Waals surface area contributed by atoms with Crippen LogP contribution < -0.4 is 10.1 Å². The predicted molar refractivity (Wildman–Crippen MR) is 87.5 cm³/mol. The van der Waals surface area contributed by atoms with E-state index in [1.165, 1.54) is 10.4 Å². The molecule has 0 aliphatic heterocycles. The lowest BCUT2D eigenvalue weighted by atomic mass is 10.1. The summed E-state index contributed by atoms with van der Waals surface area (Å²) in [7, 11) is 3.57. The average molecular weight is 299 g/mol. The van der Waals surface area contributed by atoms with Gasteiger partial charge in [-0.2, -0.15) is 0 Å². The zero-order chi connectivity index (χ0) is 14.8. The van der Waals surface area contributed by atoms with E-state index in [1.54, 1.807) is 18.4 Å². The highest BCUT2D eigenvalue weighted by molar-refractivity contribution is 7.18. The Balaban J connectivity index is 1.95. The van der Waals surface area contributed by atoms with E-state index < -0.39 is 0 Å². The molecule has 0 aliphatic carbocycles. The summed E-state index contributed by atoms with van der Waals surface area (Å²) in [5.41, 5.74) is 1.17. The number of hydrogen-bond donors (Lipinski definition) is 1. The molecule has 0 spiro atoms. The Morgan fingerprint density at radius 1 is 1.19 bits per heavy atom. The standard InChI is InChI=1S/C16H17N3OS/c1-10-8-13-15(17-2)18-14(19-16(13)21-10)9-11-4-6-12(20-3)7-5-11/h4-8H,9H2,1-3H3,(H,17,18,19). The number of methoxy groups -OCH3 is 1. The van der Waals surface area contributed by atoms with Crippen molar-refractivity contribution >= 4 is 27.4 Å². The summed E-state index contributed by atoms with van der Waals surface area (Å²) in [6.45, 7) is 2.09. The van der Waals surface area contributed by atoms with Crippen molar-refractivity contribution in [3.63, 3.8) is 0 Å². The van der Waals surface area contributed by atoms with Crippen LogP contribution in [0, 0.1) is 6.92 Å². The third kappa shape index (κ3) is 2.83. The molecule has 0 bridgehead atoms. The molecular weight excluding hydrogens is 282 g/mol. The van der Waals surface area contributed by atoms with Crippen LogP contribution in [-0.2, 0) is 6.42 Å². The van der Waals surface area contributed by atoms with Crippen molar-refractivity contribution in [3.8, 4) is 5.75 Å². The number of ether oxygens (including phenoxy) is 1. The van der Waals surface area contributed by atoms with Gasteiger partial charge >= 0.3 is 0 Å². The molecule has 0 aliphatic rings. The number of nitrogens with zero attached hydrogens (tertiary/aromatic N) is 2. The molecule has 4 nitrogen and oxygen atoms in total. The number of nitrogens with one attached hydrogen (secondary N) is 1. The lowest BCUT2D eigenvalue weighted by Gasteiger charge is -2.06. The van der Waals surface area contributed by atoms with Crippen LogP contribution >= 0.6 is 11.3 Å². The number of aromatic nitrogens is 2. The van der Waals surface area contributed by atoms with Crippen LogP contribution in [0.4, 0.5) is 5.82 Å². The minimum atomic E-state index is 0.714. The van der Waals surface area contributed by atoms with Crippen molar-refractivity contribution in [2.24, 2.45) is 0 Å². The Labute approximate surface area is 127 Å². The summed E-state index contributed by atoms with van der Waals surface area (Å²) >= 11 is 1.70. The summed E-state index contributed by atoms with van der Waals surface area (Å²) < 4.78 is 5.18. The molecule has 2 heterocycles. The maximum atomic E-state index is 5.18. The van der Waals surface area contributed by atoms with Crippen LogP contribution in [0.5, 0.6) is 5.75 Å². The summed E-state index contributed by atoms with van der Waals surface area (Å²) in [4.78, 5) is 11.6. The van der Waals surface area contributed by atoms with E-state index in [2.05, 4.69) is 28.3 Å². The molecule has 0 unspecified atom stereocenters. The first-order valence-corrected chi connectivity index (χ1v) is 7.59. The van der Waals surface area contributed by atoms with E-state index in [1.807, 2.05) is 31.3 Å². The fraction of sp³-hybridized carbons (Fsp3) is 0.250. The maximum absolute atomic E-state index is 5.18. The zero-order valence-corrected chi connectivity index (χ0v) is 13.1. The number of anilines is 1. The number of rotatable bonds is 4. The number of benzene rings is 1. The first-order valence-electron chi connectivity index (χ1n) is 6.77. The summed E-state index contributed by atoms with van der Waals surface area (Å²) in [6, 6.07) is 10.1. The van der Waals surface area contributed by atoms with Gasteiger partial charge in [-0.3, -0.25) is 0 Å². The third-order valence-corrected chi connectivity index (χ3v) is 4.26. The van der Waals surface area contributed by atoms with Gasteiger partial charge in [-0.25, -0.2) is 9.97 Å². The molecule has 5 heteroatoms. The molecule has 3 aromatic rings. The van der Waals surface area contributed by atoms with Crippen LogP contribution in [0.2, 0.25) is 0 Å². The van der Waals surface area contributed by atoms with Gasteiger partial charge in [0.1, 0.15) is 22.2 Å². The number of aryl methyl sites for hydroxylation is 1. The Morgan fingerprint density at radius 2 is 1.95 bits per heavy atom. The Morgan fingerprint density at radius 3 is 2.62 bits per heavy atom. The lowest BCUT2D eigenvalue weighted by molar-refractivity contribution is 0.414. The predicted octanol–water partition coefficient (Wildman–Crippen LogP) is 3.64. The molecule has 0 saturated heterocycles. The highest BCUT2D eigenvalue weighted by Crippen LogP contribution is 2.28. The van der Waals surface area contributed by atoms with Gasteiger partial charge in [0.05, 0.1) is 12.5 Å². The van der Waals surface area contributed by atoms with Crippen molar-refractivity contribution in [2.45, 2.75) is 13.3 Å². The molecule has 0 fully saturated rings. The Kier molecular flexibility index (Phi) is 3.75. The second kappa shape index (κ2) is 5.69. The second-order valence-corrected chi connectivity index (χ2v) is 6.07. The van der Waals surface area contributed by atoms with Crippen LogP contribution in [0.1, 0.15) is 16.3 Å². The minimum absolute atomic E-state index is 0.714. The maximum Gasteiger partial charge on any atom is 0.138 e. The van der Waals surface area contributed by atoms with Gasteiger partial charge in [0.15, 0.2) is 0 Å². The van der Waals surface area contributed by atoms with Gasteiger partial charge in [0.2, 0.25) is 0 Å². The van der Waals surface area contributed by atoms with Crippen molar-refractivity contribution < 1.29 is 4.74 Å². The Bertz CT molecular complexity index is 765. The van der Waals surface area contributed by atoms with E-state index >= 15 is 0 Å². The smallest absolute Gasteiger partial charge is 0.138 e. The highest BCUT2D eigenvalue weighted by atomic mass is 32.1. The summed E-state index contributed by atoms with van der Waals surface area (Å²) in [5.74, 6) is 2.59. The quantitative estimate of drug-likeness (QED) is 0.799. The van der Waals surface area contributed by atoms with Crippen LogP contribution in [-0.4, -0.2) is 24.1 Å². The normalized spacial score (nSPS) is 10.8. The van der Waals surface area contributed by atoms with Crippen LogP contribution in [0.25, 0.3) is 10.2 Å². The molecule has 3 rings (SSSR count). The summed E-state index contributed by atoms with van der Waals surface area (Å²) in [5, 5.41) is 4.26. The van der Waals surface area contributed by atoms with Crippen molar-refractivity contribution in [1.29, 1.82) is 0 Å². The SMILES string of the molecule is CNc1nc(Cc2ccc(OC)cc2)nc2sc(C)cc12. The fourth-order valence-corrected chi connectivity index (χ4v) is 3.18. The molecule has 21 heavy (non-hydrogen) atoms. The zero-order valence-electron chi connectivity index (χ0n) is 12.3. The Hall–Kier alpha value is -2.14. The van der Waals surface area contributed by atoms with Gasteiger partial charge in [0.25, 0.3) is 0 Å². The molecular formula is C16H17N3OS. The number of hydrogen-bond acceptors (Lipinski definition) is 5. The number of fused-ring (bicyclic) bond motifs is 1. The molecule has 1 N–H and O–H groups in total. The van der Waals surface area contributed by atoms with Gasteiger partial charge in [-0.1, -0.05) is 12.1 Å². The largest absolute Gasteiger partial charge is 0.497 e. The van der Waals surface area contributed by atoms with Crippen molar-refractivity contribution in [1.82, 2.24) is 9.97 Å².